The Hall–Kier alpha value is -1.64. The summed E-state index contributed by atoms with van der Waals surface area (Å²) < 4.78 is 5.02. The maximum atomic E-state index is 11.3. The van der Waals surface area contributed by atoms with Crippen molar-refractivity contribution in [1.82, 2.24) is 0 Å². The van der Waals surface area contributed by atoms with Crippen LogP contribution in [0, 0.1) is 0 Å². The monoisotopic (exact) mass is 233 g/mol. The lowest BCUT2D eigenvalue weighted by Crippen LogP contribution is -2.10. The highest BCUT2D eigenvalue weighted by molar-refractivity contribution is 5.99. The van der Waals surface area contributed by atoms with Crippen LogP contribution in [0.5, 0.6) is 0 Å². The molecule has 3 nitrogen and oxygen atoms in total. The van der Waals surface area contributed by atoms with Crippen molar-refractivity contribution in [2.45, 2.75) is 26.7 Å². The van der Waals surface area contributed by atoms with Gasteiger partial charge in [-0.3, -0.25) is 9.79 Å². The number of carbonyl (C=O) groups excluding carboxylic acids is 1. The maximum Gasteiger partial charge on any atom is 0.327 e. The quantitative estimate of drug-likeness (QED) is 0.430. The van der Waals surface area contributed by atoms with Crippen molar-refractivity contribution < 1.29 is 9.53 Å². The molecule has 17 heavy (non-hydrogen) atoms. The standard InChI is InChI=1S/C14H19NO2/c1-3-4-10-17-14(16)11-15-12(2)13-8-6-5-7-9-13/h5-9H,3-4,10-11H2,1-2H3. The Morgan fingerprint density at radius 3 is 2.65 bits per heavy atom. The molecular weight excluding hydrogens is 214 g/mol. The fraction of sp³-hybridized carbons (Fsp3) is 0.429. The third-order valence-corrected chi connectivity index (χ3v) is 2.40. The number of rotatable bonds is 6. The molecule has 0 atom stereocenters. The lowest BCUT2D eigenvalue weighted by Gasteiger charge is -2.03. The van der Waals surface area contributed by atoms with Gasteiger partial charge in [-0.1, -0.05) is 43.7 Å². The fourth-order valence-electron chi connectivity index (χ4n) is 1.33. The van der Waals surface area contributed by atoms with Crippen molar-refractivity contribution in [3.63, 3.8) is 0 Å². The first-order valence-corrected chi connectivity index (χ1v) is 5.96. The second kappa shape index (κ2) is 7.60. The number of hydrogen-bond acceptors (Lipinski definition) is 3. The summed E-state index contributed by atoms with van der Waals surface area (Å²) in [6.45, 7) is 4.56. The molecule has 0 radical (unpaired) electrons. The van der Waals surface area contributed by atoms with Crippen LogP contribution in [0.25, 0.3) is 0 Å². The Morgan fingerprint density at radius 2 is 2.00 bits per heavy atom. The minimum Gasteiger partial charge on any atom is -0.464 e. The number of carbonyl (C=O) groups is 1. The van der Waals surface area contributed by atoms with E-state index in [0.29, 0.717) is 6.61 Å². The Labute approximate surface area is 103 Å². The van der Waals surface area contributed by atoms with Crippen molar-refractivity contribution in [1.29, 1.82) is 0 Å². The van der Waals surface area contributed by atoms with Crippen LogP contribution in [0.15, 0.2) is 35.3 Å². The van der Waals surface area contributed by atoms with E-state index in [-0.39, 0.29) is 12.5 Å². The van der Waals surface area contributed by atoms with Gasteiger partial charge >= 0.3 is 5.97 Å². The number of ether oxygens (including phenoxy) is 1. The van der Waals surface area contributed by atoms with Gasteiger partial charge in [-0.05, 0) is 18.9 Å². The van der Waals surface area contributed by atoms with Crippen LogP contribution in [-0.4, -0.2) is 24.8 Å². The van der Waals surface area contributed by atoms with E-state index in [1.165, 1.54) is 0 Å². The third kappa shape index (κ3) is 5.29. The number of nitrogens with zero attached hydrogens (tertiary/aromatic N) is 1. The molecule has 0 unspecified atom stereocenters. The molecule has 3 heteroatoms. The molecule has 0 saturated carbocycles. The van der Waals surface area contributed by atoms with E-state index in [9.17, 15) is 4.79 Å². The van der Waals surface area contributed by atoms with Gasteiger partial charge in [0.2, 0.25) is 0 Å². The predicted octanol–water partition coefficient (Wildman–Crippen LogP) is 2.84. The van der Waals surface area contributed by atoms with Crippen molar-refractivity contribution in [3.8, 4) is 0 Å². The largest absolute Gasteiger partial charge is 0.464 e. The molecule has 0 amide bonds. The second-order valence-corrected chi connectivity index (χ2v) is 3.84. The molecule has 0 saturated heterocycles. The highest BCUT2D eigenvalue weighted by Gasteiger charge is 2.01. The number of benzene rings is 1. The van der Waals surface area contributed by atoms with E-state index in [1.807, 2.05) is 37.3 Å². The van der Waals surface area contributed by atoms with Crippen LogP contribution in [0.1, 0.15) is 32.3 Å². The van der Waals surface area contributed by atoms with E-state index in [0.717, 1.165) is 24.1 Å². The molecule has 0 spiro atoms. The number of unbranched alkanes of at least 4 members (excludes halogenated alkanes) is 1. The molecule has 0 fully saturated rings. The van der Waals surface area contributed by atoms with Crippen LogP contribution < -0.4 is 0 Å². The Kier molecular flexibility index (Phi) is 6.00. The summed E-state index contributed by atoms with van der Waals surface area (Å²) in [7, 11) is 0. The summed E-state index contributed by atoms with van der Waals surface area (Å²) in [5.74, 6) is -0.256. The summed E-state index contributed by atoms with van der Waals surface area (Å²) >= 11 is 0. The van der Waals surface area contributed by atoms with Gasteiger partial charge in [0.15, 0.2) is 0 Å². The van der Waals surface area contributed by atoms with E-state index in [2.05, 4.69) is 11.9 Å². The van der Waals surface area contributed by atoms with Gasteiger partial charge in [0.1, 0.15) is 6.54 Å². The van der Waals surface area contributed by atoms with Gasteiger partial charge in [0.25, 0.3) is 0 Å². The number of aliphatic imine (C=N–C) groups is 1. The average Bonchev–Trinajstić information content (AvgIpc) is 2.37. The van der Waals surface area contributed by atoms with Gasteiger partial charge in [0.05, 0.1) is 6.61 Å². The van der Waals surface area contributed by atoms with Crippen LogP contribution in [0.4, 0.5) is 0 Å². The molecule has 92 valence electrons. The van der Waals surface area contributed by atoms with E-state index in [1.54, 1.807) is 0 Å². The minimum absolute atomic E-state index is 0.102. The van der Waals surface area contributed by atoms with Crippen molar-refractivity contribution in [2.24, 2.45) is 4.99 Å². The third-order valence-electron chi connectivity index (χ3n) is 2.40. The second-order valence-electron chi connectivity index (χ2n) is 3.84. The zero-order valence-electron chi connectivity index (χ0n) is 10.5. The number of hydrogen-bond donors (Lipinski definition) is 0. The van der Waals surface area contributed by atoms with Gasteiger partial charge in [0, 0.05) is 5.71 Å². The summed E-state index contributed by atoms with van der Waals surface area (Å²) in [5, 5.41) is 0. The maximum absolute atomic E-state index is 11.3. The average molecular weight is 233 g/mol. The Morgan fingerprint density at radius 1 is 1.29 bits per heavy atom. The Balaban J connectivity index is 2.40. The summed E-state index contributed by atoms with van der Waals surface area (Å²) in [6.07, 6.45) is 1.94. The van der Waals surface area contributed by atoms with Crippen LogP contribution in [-0.2, 0) is 9.53 Å². The van der Waals surface area contributed by atoms with Crippen LogP contribution >= 0.6 is 0 Å². The van der Waals surface area contributed by atoms with Crippen LogP contribution in [0.3, 0.4) is 0 Å². The lowest BCUT2D eigenvalue weighted by molar-refractivity contribution is -0.141. The van der Waals surface area contributed by atoms with E-state index in [4.69, 9.17) is 4.74 Å². The topological polar surface area (TPSA) is 38.7 Å². The van der Waals surface area contributed by atoms with Crippen molar-refractivity contribution in [3.05, 3.63) is 35.9 Å². The summed E-state index contributed by atoms with van der Waals surface area (Å²) in [4.78, 5) is 15.5. The molecule has 1 rings (SSSR count). The zero-order chi connectivity index (χ0) is 12.5. The summed E-state index contributed by atoms with van der Waals surface area (Å²) in [5.41, 5.74) is 1.90. The van der Waals surface area contributed by atoms with E-state index >= 15 is 0 Å². The molecule has 0 heterocycles. The first kappa shape index (κ1) is 13.4. The van der Waals surface area contributed by atoms with Crippen molar-refractivity contribution in [2.75, 3.05) is 13.2 Å². The van der Waals surface area contributed by atoms with Crippen molar-refractivity contribution >= 4 is 11.7 Å². The van der Waals surface area contributed by atoms with E-state index < -0.39 is 0 Å². The van der Waals surface area contributed by atoms with Gasteiger partial charge in [-0.15, -0.1) is 0 Å². The molecule has 0 aliphatic heterocycles. The zero-order valence-corrected chi connectivity index (χ0v) is 10.5. The molecule has 0 bridgehead atoms. The summed E-state index contributed by atoms with van der Waals surface area (Å²) in [6, 6.07) is 9.81. The Bertz CT molecular complexity index is 371. The van der Waals surface area contributed by atoms with Crippen LogP contribution in [0.2, 0.25) is 0 Å². The lowest BCUT2D eigenvalue weighted by atomic mass is 10.1. The molecule has 0 aliphatic rings. The van der Waals surface area contributed by atoms with Gasteiger partial charge in [-0.2, -0.15) is 0 Å². The molecule has 0 N–H and O–H groups in total. The molecular formula is C14H19NO2. The molecule has 0 aliphatic carbocycles. The van der Waals surface area contributed by atoms with Gasteiger partial charge in [-0.25, -0.2) is 0 Å². The molecule has 1 aromatic carbocycles. The predicted molar refractivity (Wildman–Crippen MR) is 69.4 cm³/mol. The number of esters is 1. The fourth-order valence-corrected chi connectivity index (χ4v) is 1.33. The first-order chi connectivity index (χ1) is 8.24. The molecule has 0 aromatic heterocycles. The van der Waals surface area contributed by atoms with Gasteiger partial charge < -0.3 is 4.74 Å². The normalized spacial score (nSPS) is 11.3. The SMILES string of the molecule is CCCCOC(=O)CN=C(C)c1ccccc1. The molecule has 1 aromatic rings. The first-order valence-electron chi connectivity index (χ1n) is 5.96. The highest BCUT2D eigenvalue weighted by Crippen LogP contribution is 2.00. The highest BCUT2D eigenvalue weighted by atomic mass is 16.5. The minimum atomic E-state index is -0.256. The smallest absolute Gasteiger partial charge is 0.327 e.